The lowest BCUT2D eigenvalue weighted by molar-refractivity contribution is -0.137. The van der Waals surface area contributed by atoms with Crippen molar-refractivity contribution in [3.05, 3.63) is 11.6 Å². The lowest BCUT2D eigenvalue weighted by Gasteiger charge is -2.08. The van der Waals surface area contributed by atoms with Gasteiger partial charge in [0.15, 0.2) is 0 Å². The van der Waals surface area contributed by atoms with Crippen LogP contribution in [0, 0.1) is 0 Å². The first-order valence-corrected chi connectivity index (χ1v) is 4.49. The Labute approximate surface area is 83.6 Å². The first-order chi connectivity index (χ1) is 6.47. The van der Waals surface area contributed by atoms with Gasteiger partial charge in [-0.1, -0.05) is 0 Å². The highest BCUT2D eigenvalue weighted by molar-refractivity contribution is 5.83. The molecule has 0 saturated carbocycles. The topological polar surface area (TPSA) is 63.6 Å². The van der Waals surface area contributed by atoms with Crippen LogP contribution >= 0.6 is 0 Å². The largest absolute Gasteiger partial charge is 0.463 e. The van der Waals surface area contributed by atoms with Crippen LogP contribution < -0.4 is 0 Å². The molecule has 0 heterocycles. The van der Waals surface area contributed by atoms with Crippen LogP contribution in [0.2, 0.25) is 0 Å². The summed E-state index contributed by atoms with van der Waals surface area (Å²) in [7, 11) is 0. The van der Waals surface area contributed by atoms with Gasteiger partial charge in [0.25, 0.3) is 0 Å². The molecule has 0 unspecified atom stereocenters. The fourth-order valence-corrected chi connectivity index (χ4v) is 0.899. The van der Waals surface area contributed by atoms with Gasteiger partial charge in [0.1, 0.15) is 5.78 Å². The van der Waals surface area contributed by atoms with E-state index in [1.54, 1.807) is 13.8 Å². The molecule has 0 fully saturated rings. The molecule has 0 radical (unpaired) electrons. The summed E-state index contributed by atoms with van der Waals surface area (Å²) >= 11 is 0. The molecule has 0 rings (SSSR count). The molecule has 0 saturated heterocycles. The SMILES string of the molecule is CCOC(=O)/C=C(\C)[C@H](O)CC(C)=O. The van der Waals surface area contributed by atoms with Crippen molar-refractivity contribution in [2.24, 2.45) is 0 Å². The second-order valence-electron chi connectivity index (χ2n) is 3.06. The summed E-state index contributed by atoms with van der Waals surface area (Å²) in [6.07, 6.45) is 0.343. The highest BCUT2D eigenvalue weighted by Gasteiger charge is 2.10. The summed E-state index contributed by atoms with van der Waals surface area (Å²) < 4.78 is 4.66. The Hall–Kier alpha value is -1.16. The normalized spacial score (nSPS) is 13.6. The first-order valence-electron chi connectivity index (χ1n) is 4.49. The molecule has 0 bridgehead atoms. The maximum absolute atomic E-state index is 10.9. The van der Waals surface area contributed by atoms with E-state index >= 15 is 0 Å². The van der Waals surface area contributed by atoms with Gasteiger partial charge in [0, 0.05) is 12.5 Å². The van der Waals surface area contributed by atoms with Gasteiger partial charge in [0.05, 0.1) is 12.7 Å². The van der Waals surface area contributed by atoms with Crippen LogP contribution in [0.1, 0.15) is 27.2 Å². The molecular weight excluding hydrogens is 184 g/mol. The van der Waals surface area contributed by atoms with Gasteiger partial charge in [-0.05, 0) is 26.3 Å². The van der Waals surface area contributed by atoms with Crippen LogP contribution in [0.25, 0.3) is 0 Å². The van der Waals surface area contributed by atoms with Crippen molar-refractivity contribution in [1.29, 1.82) is 0 Å². The van der Waals surface area contributed by atoms with Crippen molar-refractivity contribution in [1.82, 2.24) is 0 Å². The molecule has 0 spiro atoms. The molecule has 0 aromatic heterocycles. The number of hydrogen-bond acceptors (Lipinski definition) is 4. The van der Waals surface area contributed by atoms with Crippen molar-refractivity contribution < 1.29 is 19.4 Å². The quantitative estimate of drug-likeness (QED) is 0.527. The number of aliphatic hydroxyl groups excluding tert-OH is 1. The number of hydrogen-bond donors (Lipinski definition) is 1. The molecule has 0 aliphatic carbocycles. The minimum Gasteiger partial charge on any atom is -0.463 e. The Kier molecular flexibility index (Phi) is 5.79. The van der Waals surface area contributed by atoms with E-state index in [0.29, 0.717) is 12.2 Å². The summed E-state index contributed by atoms with van der Waals surface area (Å²) in [6.45, 7) is 4.98. The van der Waals surface area contributed by atoms with E-state index in [1.165, 1.54) is 13.0 Å². The molecule has 80 valence electrons. The summed E-state index contributed by atoms with van der Waals surface area (Å²) in [5.74, 6) is -0.610. The molecule has 0 aromatic carbocycles. The maximum Gasteiger partial charge on any atom is 0.330 e. The Morgan fingerprint density at radius 2 is 2.00 bits per heavy atom. The average Bonchev–Trinajstić information content (AvgIpc) is 2.02. The summed E-state index contributed by atoms with van der Waals surface area (Å²) in [5, 5.41) is 9.41. The highest BCUT2D eigenvalue weighted by atomic mass is 16.5. The van der Waals surface area contributed by atoms with Crippen LogP contribution in [-0.2, 0) is 14.3 Å². The smallest absolute Gasteiger partial charge is 0.330 e. The third-order valence-electron chi connectivity index (χ3n) is 1.64. The van der Waals surface area contributed by atoms with E-state index in [-0.39, 0.29) is 12.2 Å². The molecule has 1 atom stereocenters. The highest BCUT2D eigenvalue weighted by Crippen LogP contribution is 2.06. The van der Waals surface area contributed by atoms with E-state index in [2.05, 4.69) is 4.74 Å². The van der Waals surface area contributed by atoms with Gasteiger partial charge < -0.3 is 9.84 Å². The molecular formula is C10H16O4. The van der Waals surface area contributed by atoms with Crippen molar-refractivity contribution in [2.75, 3.05) is 6.61 Å². The average molecular weight is 200 g/mol. The molecule has 4 nitrogen and oxygen atoms in total. The predicted octanol–water partition coefficient (Wildman–Crippen LogP) is 0.836. The van der Waals surface area contributed by atoms with Crippen LogP contribution in [-0.4, -0.2) is 29.6 Å². The molecule has 0 amide bonds. The van der Waals surface area contributed by atoms with E-state index in [9.17, 15) is 14.7 Å². The zero-order valence-electron chi connectivity index (χ0n) is 8.74. The van der Waals surface area contributed by atoms with Gasteiger partial charge in [0.2, 0.25) is 0 Å². The van der Waals surface area contributed by atoms with Crippen LogP contribution in [0.3, 0.4) is 0 Å². The van der Waals surface area contributed by atoms with E-state index in [1.807, 2.05) is 0 Å². The predicted molar refractivity (Wildman–Crippen MR) is 51.7 cm³/mol. The molecule has 0 aromatic rings. The first kappa shape index (κ1) is 12.8. The number of esters is 1. The standard InChI is InChI=1S/C10H16O4/c1-4-14-10(13)5-7(2)9(12)6-8(3)11/h5,9,12H,4,6H2,1-3H3/b7-5+/t9-/m1/s1. The number of ether oxygens (including phenoxy) is 1. The van der Waals surface area contributed by atoms with Crippen LogP contribution in [0.5, 0.6) is 0 Å². The Morgan fingerprint density at radius 3 is 2.43 bits per heavy atom. The number of carbonyl (C=O) groups is 2. The molecule has 4 heteroatoms. The van der Waals surface area contributed by atoms with Gasteiger partial charge in [-0.3, -0.25) is 4.79 Å². The van der Waals surface area contributed by atoms with Crippen molar-refractivity contribution >= 4 is 11.8 Å². The number of carbonyl (C=O) groups excluding carboxylic acids is 2. The third-order valence-corrected chi connectivity index (χ3v) is 1.64. The van der Waals surface area contributed by atoms with Crippen molar-refractivity contribution in [3.63, 3.8) is 0 Å². The lowest BCUT2D eigenvalue weighted by Crippen LogP contribution is -2.14. The molecule has 1 N–H and O–H groups in total. The fourth-order valence-electron chi connectivity index (χ4n) is 0.899. The number of aliphatic hydroxyl groups is 1. The van der Waals surface area contributed by atoms with Gasteiger partial charge in [-0.25, -0.2) is 4.79 Å². The second kappa shape index (κ2) is 6.32. The second-order valence-corrected chi connectivity index (χ2v) is 3.06. The Bertz CT molecular complexity index is 243. The number of Topliss-reactive ketones (excluding diaryl/α,β-unsaturated/α-hetero) is 1. The van der Waals surface area contributed by atoms with Gasteiger partial charge in [-0.2, -0.15) is 0 Å². The minimum atomic E-state index is -0.892. The Balaban J connectivity index is 4.21. The summed E-state index contributed by atoms with van der Waals surface area (Å²) in [4.78, 5) is 21.6. The van der Waals surface area contributed by atoms with Crippen LogP contribution in [0.15, 0.2) is 11.6 Å². The van der Waals surface area contributed by atoms with Crippen molar-refractivity contribution in [2.45, 2.75) is 33.3 Å². The van der Waals surface area contributed by atoms with Crippen molar-refractivity contribution in [3.8, 4) is 0 Å². The van der Waals surface area contributed by atoms with Gasteiger partial charge >= 0.3 is 5.97 Å². The maximum atomic E-state index is 10.9. The van der Waals surface area contributed by atoms with E-state index < -0.39 is 12.1 Å². The third kappa shape index (κ3) is 5.48. The number of ketones is 1. The molecule has 14 heavy (non-hydrogen) atoms. The minimum absolute atomic E-state index is 0.0295. The monoisotopic (exact) mass is 200 g/mol. The van der Waals surface area contributed by atoms with E-state index in [4.69, 9.17) is 0 Å². The zero-order valence-corrected chi connectivity index (χ0v) is 8.74. The zero-order chi connectivity index (χ0) is 11.1. The number of rotatable bonds is 5. The lowest BCUT2D eigenvalue weighted by atomic mass is 10.1. The molecule has 0 aliphatic rings. The fraction of sp³-hybridized carbons (Fsp3) is 0.600. The summed E-state index contributed by atoms with van der Waals surface area (Å²) in [5.41, 5.74) is 0.443. The summed E-state index contributed by atoms with van der Waals surface area (Å²) in [6, 6.07) is 0. The van der Waals surface area contributed by atoms with Gasteiger partial charge in [-0.15, -0.1) is 0 Å². The van der Waals surface area contributed by atoms with E-state index in [0.717, 1.165) is 0 Å². The Morgan fingerprint density at radius 1 is 1.43 bits per heavy atom. The molecule has 0 aliphatic heterocycles. The van der Waals surface area contributed by atoms with Crippen LogP contribution in [0.4, 0.5) is 0 Å².